The molecule has 0 bridgehead atoms. The van der Waals surface area contributed by atoms with Gasteiger partial charge in [0.1, 0.15) is 12.4 Å². The van der Waals surface area contributed by atoms with Gasteiger partial charge in [-0.25, -0.2) is 0 Å². The topological polar surface area (TPSA) is 55.5 Å². The molecular weight excluding hydrogens is 202 g/mol. The fraction of sp³-hybridized carbons (Fsp3) is 0.538. The van der Waals surface area contributed by atoms with E-state index in [-0.39, 0.29) is 6.61 Å². The van der Waals surface area contributed by atoms with Gasteiger partial charge in [-0.1, -0.05) is 18.2 Å². The lowest BCUT2D eigenvalue weighted by atomic mass is 9.97. The maximum absolute atomic E-state index is 9.34. The molecule has 0 amide bonds. The van der Waals surface area contributed by atoms with Crippen molar-refractivity contribution in [3.05, 3.63) is 29.8 Å². The smallest absolute Gasteiger partial charge is 0.122 e. The van der Waals surface area contributed by atoms with Crippen molar-refractivity contribution in [2.75, 3.05) is 13.2 Å². The third-order valence-corrected chi connectivity index (χ3v) is 3.27. The number of hydrogen-bond acceptors (Lipinski definition) is 3. The molecule has 1 atom stereocenters. The molecule has 0 heterocycles. The Kier molecular flexibility index (Phi) is 3.17. The van der Waals surface area contributed by atoms with Crippen LogP contribution in [0.25, 0.3) is 0 Å². The average Bonchev–Trinajstić information content (AvgIpc) is 3.12. The first-order chi connectivity index (χ1) is 7.65. The molecule has 3 heteroatoms. The van der Waals surface area contributed by atoms with Crippen LogP contribution in [0.5, 0.6) is 5.75 Å². The number of aliphatic hydroxyl groups is 1. The van der Waals surface area contributed by atoms with Crippen molar-refractivity contribution in [2.45, 2.75) is 25.3 Å². The lowest BCUT2D eigenvalue weighted by Gasteiger charge is -2.27. The maximum Gasteiger partial charge on any atom is 0.122 e. The number of aliphatic hydroxyl groups excluding tert-OH is 1. The molecule has 0 radical (unpaired) electrons. The summed E-state index contributed by atoms with van der Waals surface area (Å²) >= 11 is 0. The highest BCUT2D eigenvalue weighted by atomic mass is 16.5. The zero-order valence-corrected chi connectivity index (χ0v) is 9.65. The van der Waals surface area contributed by atoms with Gasteiger partial charge in [0.05, 0.1) is 12.1 Å². The molecule has 1 aromatic rings. The van der Waals surface area contributed by atoms with Crippen molar-refractivity contribution < 1.29 is 9.84 Å². The van der Waals surface area contributed by atoms with Crippen LogP contribution in [0.3, 0.4) is 0 Å². The molecule has 1 fully saturated rings. The summed E-state index contributed by atoms with van der Waals surface area (Å²) in [5.41, 5.74) is 6.65. The van der Waals surface area contributed by atoms with E-state index in [9.17, 15) is 5.11 Å². The number of benzene rings is 1. The van der Waals surface area contributed by atoms with Crippen LogP contribution in [-0.4, -0.2) is 23.9 Å². The summed E-state index contributed by atoms with van der Waals surface area (Å²) in [6.07, 6.45) is 2.21. The van der Waals surface area contributed by atoms with Crippen LogP contribution in [0.1, 0.15) is 18.4 Å². The van der Waals surface area contributed by atoms with Crippen molar-refractivity contribution in [3.63, 3.8) is 0 Å². The fourth-order valence-corrected chi connectivity index (χ4v) is 1.88. The summed E-state index contributed by atoms with van der Waals surface area (Å²) < 4.78 is 5.71. The molecule has 3 nitrogen and oxygen atoms in total. The Bertz CT molecular complexity index is 363. The van der Waals surface area contributed by atoms with E-state index in [0.29, 0.717) is 12.5 Å². The lowest BCUT2D eigenvalue weighted by Crippen LogP contribution is -2.51. The quantitative estimate of drug-likeness (QED) is 0.791. The van der Waals surface area contributed by atoms with E-state index >= 15 is 0 Å². The first-order valence-corrected chi connectivity index (χ1v) is 5.74. The standard InChI is InChI=1S/C13H19NO2/c1-10-4-2-3-5-12(10)16-9-13(14,8-15)11-6-7-11/h2-5,11,15H,6-9,14H2,1H3. The van der Waals surface area contributed by atoms with Crippen molar-refractivity contribution in [1.82, 2.24) is 0 Å². The summed E-state index contributed by atoms with van der Waals surface area (Å²) in [7, 11) is 0. The van der Waals surface area contributed by atoms with Crippen LogP contribution in [0, 0.1) is 12.8 Å². The van der Waals surface area contributed by atoms with Gasteiger partial charge >= 0.3 is 0 Å². The van der Waals surface area contributed by atoms with Gasteiger partial charge in [0.15, 0.2) is 0 Å². The van der Waals surface area contributed by atoms with Gasteiger partial charge in [-0.3, -0.25) is 0 Å². The number of hydrogen-bond donors (Lipinski definition) is 2. The molecule has 0 aliphatic heterocycles. The van der Waals surface area contributed by atoms with Gasteiger partial charge in [0.2, 0.25) is 0 Å². The summed E-state index contributed by atoms with van der Waals surface area (Å²) in [4.78, 5) is 0. The van der Waals surface area contributed by atoms with E-state index in [1.165, 1.54) is 0 Å². The van der Waals surface area contributed by atoms with Crippen molar-refractivity contribution in [2.24, 2.45) is 11.7 Å². The molecule has 2 rings (SSSR count). The molecule has 88 valence electrons. The van der Waals surface area contributed by atoms with Crippen molar-refractivity contribution >= 4 is 0 Å². The molecule has 0 spiro atoms. The molecule has 1 aromatic carbocycles. The van der Waals surface area contributed by atoms with Crippen LogP contribution in [-0.2, 0) is 0 Å². The summed E-state index contributed by atoms with van der Waals surface area (Å²) in [6, 6.07) is 7.85. The molecule has 1 saturated carbocycles. The van der Waals surface area contributed by atoms with Gasteiger partial charge in [-0.2, -0.15) is 0 Å². The second-order valence-corrected chi connectivity index (χ2v) is 4.72. The van der Waals surface area contributed by atoms with E-state index in [4.69, 9.17) is 10.5 Å². The number of aryl methyl sites for hydroxylation is 1. The Morgan fingerprint density at radius 3 is 2.69 bits per heavy atom. The van der Waals surface area contributed by atoms with Gasteiger partial charge in [-0.05, 0) is 37.3 Å². The molecular formula is C13H19NO2. The molecule has 1 aliphatic carbocycles. The fourth-order valence-electron chi connectivity index (χ4n) is 1.88. The molecule has 16 heavy (non-hydrogen) atoms. The third-order valence-electron chi connectivity index (χ3n) is 3.27. The van der Waals surface area contributed by atoms with E-state index in [1.54, 1.807) is 0 Å². The van der Waals surface area contributed by atoms with Crippen molar-refractivity contribution in [3.8, 4) is 5.75 Å². The van der Waals surface area contributed by atoms with Gasteiger partial charge < -0.3 is 15.6 Å². The zero-order chi connectivity index (χ0) is 11.6. The first-order valence-electron chi connectivity index (χ1n) is 5.74. The minimum Gasteiger partial charge on any atom is -0.491 e. The Morgan fingerprint density at radius 2 is 2.12 bits per heavy atom. The second kappa shape index (κ2) is 4.44. The third kappa shape index (κ3) is 2.36. The normalized spacial score (nSPS) is 19.2. The minimum atomic E-state index is -0.567. The van der Waals surface area contributed by atoms with Crippen LogP contribution < -0.4 is 10.5 Å². The number of nitrogens with two attached hydrogens (primary N) is 1. The molecule has 1 unspecified atom stereocenters. The first kappa shape index (κ1) is 11.4. The van der Waals surface area contributed by atoms with E-state index < -0.39 is 5.54 Å². The summed E-state index contributed by atoms with van der Waals surface area (Å²) in [5.74, 6) is 1.27. The Labute approximate surface area is 96.2 Å². The van der Waals surface area contributed by atoms with Crippen LogP contribution >= 0.6 is 0 Å². The Morgan fingerprint density at radius 1 is 1.44 bits per heavy atom. The molecule has 0 saturated heterocycles. The Balaban J connectivity index is 1.98. The highest BCUT2D eigenvalue weighted by Crippen LogP contribution is 2.38. The average molecular weight is 221 g/mol. The van der Waals surface area contributed by atoms with Crippen LogP contribution in [0.2, 0.25) is 0 Å². The van der Waals surface area contributed by atoms with Gasteiger partial charge in [-0.15, -0.1) is 0 Å². The van der Waals surface area contributed by atoms with E-state index in [0.717, 1.165) is 24.2 Å². The molecule has 1 aliphatic rings. The van der Waals surface area contributed by atoms with Gasteiger partial charge in [0.25, 0.3) is 0 Å². The van der Waals surface area contributed by atoms with Crippen LogP contribution in [0.4, 0.5) is 0 Å². The maximum atomic E-state index is 9.34. The predicted octanol–water partition coefficient (Wildman–Crippen LogP) is 1.47. The Hall–Kier alpha value is -1.06. The zero-order valence-electron chi connectivity index (χ0n) is 9.65. The van der Waals surface area contributed by atoms with Gasteiger partial charge in [0, 0.05) is 0 Å². The second-order valence-electron chi connectivity index (χ2n) is 4.72. The highest BCUT2D eigenvalue weighted by molar-refractivity contribution is 5.31. The van der Waals surface area contributed by atoms with E-state index in [2.05, 4.69) is 0 Å². The van der Waals surface area contributed by atoms with Crippen LogP contribution in [0.15, 0.2) is 24.3 Å². The predicted molar refractivity (Wildman–Crippen MR) is 63.4 cm³/mol. The summed E-state index contributed by atoms with van der Waals surface area (Å²) in [5, 5.41) is 9.34. The highest BCUT2D eigenvalue weighted by Gasteiger charge is 2.42. The number of rotatable bonds is 5. The molecule has 3 N–H and O–H groups in total. The largest absolute Gasteiger partial charge is 0.491 e. The number of ether oxygens (including phenoxy) is 1. The lowest BCUT2D eigenvalue weighted by molar-refractivity contribution is 0.116. The molecule has 0 aromatic heterocycles. The monoisotopic (exact) mass is 221 g/mol. The number of para-hydroxylation sites is 1. The minimum absolute atomic E-state index is 0.0104. The SMILES string of the molecule is Cc1ccccc1OCC(N)(CO)C1CC1. The van der Waals surface area contributed by atoms with E-state index in [1.807, 2.05) is 31.2 Å². The van der Waals surface area contributed by atoms with Crippen molar-refractivity contribution in [1.29, 1.82) is 0 Å². The summed E-state index contributed by atoms with van der Waals surface area (Å²) in [6.45, 7) is 2.38.